The number of hydrogen-bond acceptors (Lipinski definition) is 3. The number of nitrogens with one attached hydrogen (secondary N) is 1. The highest BCUT2D eigenvalue weighted by Gasteiger charge is 2.26. The summed E-state index contributed by atoms with van der Waals surface area (Å²) < 4.78 is 15.7. The SMILES string of the molecule is CNCc1ccnc(-n2ccc(C3CC3)n2)c1F. The van der Waals surface area contributed by atoms with E-state index in [2.05, 4.69) is 15.4 Å². The standard InChI is InChI=1S/C13H15FN4/c1-15-8-10-4-6-16-13(12(10)14)18-7-5-11(17-18)9-2-3-9/h4-7,9,15H,2-3,8H2,1H3. The van der Waals surface area contributed by atoms with Gasteiger partial charge in [0.25, 0.3) is 0 Å². The largest absolute Gasteiger partial charge is 0.316 e. The highest BCUT2D eigenvalue weighted by atomic mass is 19.1. The van der Waals surface area contributed by atoms with Crippen molar-refractivity contribution in [3.8, 4) is 5.82 Å². The molecule has 94 valence electrons. The van der Waals surface area contributed by atoms with Gasteiger partial charge in [-0.15, -0.1) is 0 Å². The first-order chi connectivity index (χ1) is 8.79. The van der Waals surface area contributed by atoms with Gasteiger partial charge >= 0.3 is 0 Å². The highest BCUT2D eigenvalue weighted by molar-refractivity contribution is 5.30. The van der Waals surface area contributed by atoms with E-state index in [0.717, 1.165) is 5.69 Å². The van der Waals surface area contributed by atoms with Crippen LogP contribution < -0.4 is 5.32 Å². The molecular formula is C13H15FN4. The van der Waals surface area contributed by atoms with Crippen LogP contribution >= 0.6 is 0 Å². The Morgan fingerprint density at radius 1 is 1.44 bits per heavy atom. The lowest BCUT2D eigenvalue weighted by Gasteiger charge is -2.06. The molecule has 2 heterocycles. The van der Waals surface area contributed by atoms with Crippen molar-refractivity contribution in [2.75, 3.05) is 7.05 Å². The van der Waals surface area contributed by atoms with Crippen LogP contribution in [0.25, 0.3) is 5.82 Å². The molecule has 2 aromatic rings. The second kappa shape index (κ2) is 4.49. The van der Waals surface area contributed by atoms with Crippen LogP contribution in [0.1, 0.15) is 30.0 Å². The minimum atomic E-state index is -0.308. The molecule has 1 aliphatic rings. The molecule has 18 heavy (non-hydrogen) atoms. The summed E-state index contributed by atoms with van der Waals surface area (Å²) in [4.78, 5) is 4.08. The second-order valence-corrected chi connectivity index (χ2v) is 4.60. The lowest BCUT2D eigenvalue weighted by atomic mass is 10.2. The van der Waals surface area contributed by atoms with Gasteiger partial charge in [0, 0.05) is 30.4 Å². The fraction of sp³-hybridized carbons (Fsp3) is 0.385. The number of rotatable bonds is 4. The van der Waals surface area contributed by atoms with Crippen molar-refractivity contribution in [1.82, 2.24) is 20.1 Å². The summed E-state index contributed by atoms with van der Waals surface area (Å²) in [6, 6.07) is 3.63. The maximum atomic E-state index is 14.2. The third kappa shape index (κ3) is 2.01. The smallest absolute Gasteiger partial charge is 0.190 e. The lowest BCUT2D eigenvalue weighted by Crippen LogP contribution is -2.11. The summed E-state index contributed by atoms with van der Waals surface area (Å²) >= 11 is 0. The van der Waals surface area contributed by atoms with E-state index in [-0.39, 0.29) is 11.6 Å². The maximum Gasteiger partial charge on any atom is 0.190 e. The van der Waals surface area contributed by atoms with Crippen molar-refractivity contribution >= 4 is 0 Å². The van der Waals surface area contributed by atoms with Crippen molar-refractivity contribution in [1.29, 1.82) is 0 Å². The minimum Gasteiger partial charge on any atom is -0.316 e. The molecule has 2 aromatic heterocycles. The van der Waals surface area contributed by atoms with Gasteiger partial charge in [0.15, 0.2) is 11.6 Å². The van der Waals surface area contributed by atoms with Gasteiger partial charge in [-0.3, -0.25) is 0 Å². The second-order valence-electron chi connectivity index (χ2n) is 4.60. The Hall–Kier alpha value is -1.75. The molecule has 1 fully saturated rings. The van der Waals surface area contributed by atoms with E-state index in [1.165, 1.54) is 17.5 Å². The number of aromatic nitrogens is 3. The van der Waals surface area contributed by atoms with Crippen LogP contribution in [0.4, 0.5) is 4.39 Å². The summed E-state index contributed by atoms with van der Waals surface area (Å²) in [5.74, 6) is 0.529. The van der Waals surface area contributed by atoms with E-state index in [4.69, 9.17) is 0 Å². The monoisotopic (exact) mass is 246 g/mol. The Labute approximate surface area is 105 Å². The Morgan fingerprint density at radius 3 is 3.00 bits per heavy atom. The zero-order valence-electron chi connectivity index (χ0n) is 10.2. The van der Waals surface area contributed by atoms with Gasteiger partial charge in [-0.25, -0.2) is 14.1 Å². The predicted molar refractivity (Wildman–Crippen MR) is 66.1 cm³/mol. The van der Waals surface area contributed by atoms with Crippen LogP contribution in [0.2, 0.25) is 0 Å². The van der Waals surface area contributed by atoms with Crippen LogP contribution in [0.5, 0.6) is 0 Å². The third-order valence-electron chi connectivity index (χ3n) is 3.14. The highest BCUT2D eigenvalue weighted by Crippen LogP contribution is 2.39. The van der Waals surface area contributed by atoms with Crippen LogP contribution in [-0.4, -0.2) is 21.8 Å². The van der Waals surface area contributed by atoms with Gasteiger partial charge in [-0.05, 0) is 32.0 Å². The molecule has 0 atom stereocenters. The topological polar surface area (TPSA) is 42.7 Å². The van der Waals surface area contributed by atoms with Crippen molar-refractivity contribution in [3.05, 3.63) is 41.6 Å². The molecule has 0 spiro atoms. The van der Waals surface area contributed by atoms with E-state index < -0.39 is 0 Å². The molecule has 0 aromatic carbocycles. The van der Waals surface area contributed by atoms with E-state index in [1.807, 2.05) is 6.07 Å². The fourth-order valence-corrected chi connectivity index (χ4v) is 2.01. The molecule has 0 aliphatic heterocycles. The van der Waals surface area contributed by atoms with E-state index in [0.29, 0.717) is 18.0 Å². The van der Waals surface area contributed by atoms with Gasteiger partial charge in [0.1, 0.15) is 0 Å². The van der Waals surface area contributed by atoms with Crippen molar-refractivity contribution in [2.45, 2.75) is 25.3 Å². The van der Waals surface area contributed by atoms with Crippen LogP contribution in [0.3, 0.4) is 0 Å². The lowest BCUT2D eigenvalue weighted by molar-refractivity contribution is 0.576. The van der Waals surface area contributed by atoms with Crippen LogP contribution in [0, 0.1) is 5.82 Å². The summed E-state index contributed by atoms with van der Waals surface area (Å²) in [6.07, 6.45) is 5.77. The quantitative estimate of drug-likeness (QED) is 0.897. The van der Waals surface area contributed by atoms with Gasteiger partial charge in [0.2, 0.25) is 0 Å². The summed E-state index contributed by atoms with van der Waals surface area (Å²) in [7, 11) is 1.79. The van der Waals surface area contributed by atoms with Crippen molar-refractivity contribution < 1.29 is 4.39 Å². The zero-order valence-corrected chi connectivity index (χ0v) is 10.2. The Bertz CT molecular complexity index is 560. The number of pyridine rings is 1. The Kier molecular flexibility index (Phi) is 2.83. The normalized spacial score (nSPS) is 15.0. The molecule has 1 saturated carbocycles. The number of hydrogen-bond donors (Lipinski definition) is 1. The summed E-state index contributed by atoms with van der Waals surface area (Å²) in [5.41, 5.74) is 1.64. The molecule has 1 aliphatic carbocycles. The van der Waals surface area contributed by atoms with Crippen LogP contribution in [0.15, 0.2) is 24.5 Å². The first-order valence-electron chi connectivity index (χ1n) is 6.13. The third-order valence-corrected chi connectivity index (χ3v) is 3.14. The van der Waals surface area contributed by atoms with Gasteiger partial charge < -0.3 is 5.32 Å². The first-order valence-corrected chi connectivity index (χ1v) is 6.13. The van der Waals surface area contributed by atoms with E-state index in [1.54, 1.807) is 25.5 Å². The molecule has 0 radical (unpaired) electrons. The molecule has 4 nitrogen and oxygen atoms in total. The van der Waals surface area contributed by atoms with E-state index >= 15 is 0 Å². The fourth-order valence-electron chi connectivity index (χ4n) is 2.01. The van der Waals surface area contributed by atoms with Gasteiger partial charge in [-0.2, -0.15) is 5.10 Å². The number of nitrogens with zero attached hydrogens (tertiary/aromatic N) is 3. The molecule has 0 unspecified atom stereocenters. The molecule has 1 N–H and O–H groups in total. The Balaban J connectivity index is 1.96. The van der Waals surface area contributed by atoms with Gasteiger partial charge in [-0.1, -0.05) is 0 Å². The molecule has 0 saturated heterocycles. The van der Waals surface area contributed by atoms with Crippen LogP contribution in [-0.2, 0) is 6.54 Å². The summed E-state index contributed by atoms with van der Waals surface area (Å²) in [6.45, 7) is 0.484. The minimum absolute atomic E-state index is 0.273. The average Bonchev–Trinajstić information content (AvgIpc) is 3.11. The van der Waals surface area contributed by atoms with Crippen molar-refractivity contribution in [3.63, 3.8) is 0 Å². The van der Waals surface area contributed by atoms with Gasteiger partial charge in [0.05, 0.1) is 5.69 Å². The molecule has 5 heteroatoms. The zero-order chi connectivity index (χ0) is 12.5. The maximum absolute atomic E-state index is 14.2. The average molecular weight is 246 g/mol. The molecular weight excluding hydrogens is 231 g/mol. The number of halogens is 1. The first kappa shape index (κ1) is 11.3. The van der Waals surface area contributed by atoms with Crippen molar-refractivity contribution in [2.24, 2.45) is 0 Å². The predicted octanol–water partition coefficient (Wildman–Crippen LogP) is 2.00. The Morgan fingerprint density at radius 2 is 2.28 bits per heavy atom. The summed E-state index contributed by atoms with van der Waals surface area (Å²) in [5, 5.41) is 7.34. The molecule has 0 bridgehead atoms. The molecule has 3 rings (SSSR count). The van der Waals surface area contributed by atoms with E-state index in [9.17, 15) is 4.39 Å². The molecule has 0 amide bonds.